The van der Waals surface area contributed by atoms with E-state index in [-0.39, 0.29) is 39.2 Å². The number of nitrogens with zero attached hydrogens (tertiary/aromatic N) is 1. The Bertz CT molecular complexity index is 1560. The van der Waals surface area contributed by atoms with Gasteiger partial charge in [-0.3, -0.25) is 9.59 Å². The van der Waals surface area contributed by atoms with Crippen LogP contribution in [0.25, 0.3) is 33.6 Å². The highest BCUT2D eigenvalue weighted by Crippen LogP contribution is 2.37. The Kier molecular flexibility index (Phi) is 7.95. The van der Waals surface area contributed by atoms with Gasteiger partial charge in [-0.05, 0) is 68.3 Å². The molecular weight excluding hydrogens is 533 g/mol. The van der Waals surface area contributed by atoms with Crippen molar-refractivity contribution < 1.29 is 36.0 Å². The van der Waals surface area contributed by atoms with Crippen LogP contribution in [0.4, 0.5) is 22.0 Å². The summed E-state index contributed by atoms with van der Waals surface area (Å²) in [6.45, 7) is 2.22. The molecule has 0 saturated heterocycles. The van der Waals surface area contributed by atoms with Crippen molar-refractivity contribution in [1.82, 2.24) is 15.6 Å². The fourth-order valence-electron chi connectivity index (χ4n) is 4.16. The molecule has 0 fully saturated rings. The first-order valence-corrected chi connectivity index (χ1v) is 12.3. The number of pyridine rings is 1. The number of amides is 2. The first-order chi connectivity index (χ1) is 18.8. The van der Waals surface area contributed by atoms with E-state index in [9.17, 15) is 31.5 Å². The Morgan fingerprint density at radius 1 is 0.975 bits per heavy atom. The standard InChI is InChI=1S/C29H26F5N3O3/c1-28(2,15-30)37-25(38)18-6-4-5-17(13-18)20-14-21-23(26(39)35-3)24(16-7-9-19(31)10-8-16)40-27(21)36-22(20)11-12-29(32,33)34/h4-10,13-14H,11-12,15H2,1-3H3,(H,35,39)(H,37,38). The third-order valence-corrected chi connectivity index (χ3v) is 6.19. The second-order valence-electron chi connectivity index (χ2n) is 9.90. The van der Waals surface area contributed by atoms with Crippen LogP contribution in [0.2, 0.25) is 0 Å². The van der Waals surface area contributed by atoms with Crippen molar-refractivity contribution in [2.45, 2.75) is 38.4 Å². The van der Waals surface area contributed by atoms with Crippen molar-refractivity contribution in [3.8, 4) is 22.5 Å². The summed E-state index contributed by atoms with van der Waals surface area (Å²) in [5.74, 6) is -1.55. The zero-order chi connectivity index (χ0) is 29.2. The van der Waals surface area contributed by atoms with Gasteiger partial charge in [0.25, 0.3) is 11.8 Å². The minimum Gasteiger partial charge on any atom is -0.437 e. The van der Waals surface area contributed by atoms with E-state index in [2.05, 4.69) is 15.6 Å². The lowest BCUT2D eigenvalue weighted by Gasteiger charge is -2.22. The van der Waals surface area contributed by atoms with E-state index in [1.165, 1.54) is 63.4 Å². The van der Waals surface area contributed by atoms with Crippen LogP contribution in [0.15, 0.2) is 59.0 Å². The van der Waals surface area contributed by atoms with Crippen molar-refractivity contribution in [2.24, 2.45) is 0 Å². The lowest BCUT2D eigenvalue weighted by Crippen LogP contribution is -2.45. The lowest BCUT2D eigenvalue weighted by molar-refractivity contribution is -0.134. The van der Waals surface area contributed by atoms with E-state index in [1.807, 2.05) is 0 Å². The van der Waals surface area contributed by atoms with E-state index < -0.39 is 48.9 Å². The van der Waals surface area contributed by atoms with Crippen LogP contribution in [0.5, 0.6) is 0 Å². The van der Waals surface area contributed by atoms with Crippen molar-refractivity contribution >= 4 is 22.9 Å². The zero-order valence-electron chi connectivity index (χ0n) is 21.9. The van der Waals surface area contributed by atoms with Crippen molar-refractivity contribution in [3.05, 3.63) is 77.2 Å². The van der Waals surface area contributed by atoms with Gasteiger partial charge in [0.05, 0.1) is 22.2 Å². The maximum absolute atomic E-state index is 13.5. The monoisotopic (exact) mass is 559 g/mol. The first kappa shape index (κ1) is 28.7. The van der Waals surface area contributed by atoms with E-state index in [0.29, 0.717) is 11.1 Å². The Hall–Kier alpha value is -4.28. The first-order valence-electron chi connectivity index (χ1n) is 12.3. The molecule has 2 heterocycles. The van der Waals surface area contributed by atoms with Crippen molar-refractivity contribution in [1.29, 1.82) is 0 Å². The average molecular weight is 560 g/mol. The molecule has 6 nitrogen and oxygen atoms in total. The van der Waals surface area contributed by atoms with Gasteiger partial charge in [-0.1, -0.05) is 12.1 Å². The average Bonchev–Trinajstić information content (AvgIpc) is 3.29. The minimum absolute atomic E-state index is 0.0364. The smallest absolute Gasteiger partial charge is 0.389 e. The summed E-state index contributed by atoms with van der Waals surface area (Å²) >= 11 is 0. The summed E-state index contributed by atoms with van der Waals surface area (Å²) in [7, 11) is 1.41. The molecule has 0 aliphatic carbocycles. The maximum Gasteiger partial charge on any atom is 0.389 e. The number of carbonyl (C=O) groups excluding carboxylic acids is 2. The number of fused-ring (bicyclic) bond motifs is 1. The quantitative estimate of drug-likeness (QED) is 0.237. The summed E-state index contributed by atoms with van der Waals surface area (Å²) in [6, 6.07) is 12.8. The molecule has 0 unspecified atom stereocenters. The van der Waals surface area contributed by atoms with E-state index >= 15 is 0 Å². The van der Waals surface area contributed by atoms with Gasteiger partial charge in [0.2, 0.25) is 5.71 Å². The summed E-state index contributed by atoms with van der Waals surface area (Å²) in [5.41, 5.74) is 0.0571. The molecule has 4 aromatic rings. The molecule has 0 atom stereocenters. The third kappa shape index (κ3) is 6.30. The number of halogens is 5. The van der Waals surface area contributed by atoms with Gasteiger partial charge in [0.1, 0.15) is 18.3 Å². The van der Waals surface area contributed by atoms with Crippen LogP contribution in [0, 0.1) is 5.82 Å². The largest absolute Gasteiger partial charge is 0.437 e. The van der Waals surface area contributed by atoms with Crippen LogP contribution in [0.3, 0.4) is 0 Å². The molecule has 2 aromatic heterocycles. The number of hydrogen-bond donors (Lipinski definition) is 2. The number of alkyl halides is 4. The van der Waals surface area contributed by atoms with Gasteiger partial charge in [0.15, 0.2) is 0 Å². The Balaban J connectivity index is 1.92. The second-order valence-corrected chi connectivity index (χ2v) is 9.90. The molecule has 11 heteroatoms. The molecule has 0 bridgehead atoms. The predicted octanol–water partition coefficient (Wildman–Crippen LogP) is 6.63. The number of benzene rings is 2. The zero-order valence-corrected chi connectivity index (χ0v) is 21.9. The molecule has 0 spiro atoms. The van der Waals surface area contributed by atoms with Crippen molar-refractivity contribution in [3.63, 3.8) is 0 Å². The molecule has 0 aliphatic rings. The molecule has 0 aliphatic heterocycles. The number of furan rings is 1. The highest BCUT2D eigenvalue weighted by Gasteiger charge is 2.29. The van der Waals surface area contributed by atoms with Gasteiger partial charge in [-0.25, -0.2) is 13.8 Å². The fraction of sp³-hybridized carbons (Fsp3) is 0.276. The molecule has 40 heavy (non-hydrogen) atoms. The van der Waals surface area contributed by atoms with E-state index in [1.54, 1.807) is 12.1 Å². The van der Waals surface area contributed by atoms with Crippen LogP contribution in [-0.4, -0.2) is 42.2 Å². The van der Waals surface area contributed by atoms with Gasteiger partial charge in [0, 0.05) is 30.2 Å². The maximum atomic E-state index is 13.5. The van der Waals surface area contributed by atoms with E-state index in [4.69, 9.17) is 4.42 Å². The fourth-order valence-corrected chi connectivity index (χ4v) is 4.16. The number of aryl methyl sites for hydroxylation is 1. The number of rotatable bonds is 8. The molecule has 210 valence electrons. The summed E-state index contributed by atoms with van der Waals surface area (Å²) in [5, 5.41) is 5.31. The Labute approximate surface area is 226 Å². The number of hydrogen-bond acceptors (Lipinski definition) is 4. The van der Waals surface area contributed by atoms with Crippen molar-refractivity contribution in [2.75, 3.05) is 13.7 Å². The summed E-state index contributed by atoms with van der Waals surface area (Å²) in [6.07, 6.45) is -6.14. The molecule has 4 rings (SSSR count). The number of carbonyl (C=O) groups is 2. The summed E-state index contributed by atoms with van der Waals surface area (Å²) < 4.78 is 72.3. The Morgan fingerprint density at radius 3 is 2.30 bits per heavy atom. The number of nitrogens with one attached hydrogen (secondary N) is 2. The SMILES string of the molecule is CNC(=O)c1c(-c2ccc(F)cc2)oc2nc(CCC(F)(F)F)c(-c3cccc(C(=O)NC(C)(C)CF)c3)cc12. The molecule has 2 aromatic carbocycles. The highest BCUT2D eigenvalue weighted by molar-refractivity contribution is 6.11. The molecule has 2 amide bonds. The minimum atomic E-state index is -4.47. The molecular formula is C29H26F5N3O3. The number of aromatic nitrogens is 1. The third-order valence-electron chi connectivity index (χ3n) is 6.19. The predicted molar refractivity (Wildman–Crippen MR) is 140 cm³/mol. The molecule has 0 radical (unpaired) electrons. The molecule has 0 saturated carbocycles. The van der Waals surface area contributed by atoms with E-state index in [0.717, 1.165) is 0 Å². The van der Waals surface area contributed by atoms with Gasteiger partial charge >= 0.3 is 6.18 Å². The Morgan fingerprint density at radius 2 is 1.68 bits per heavy atom. The molecule has 2 N–H and O–H groups in total. The highest BCUT2D eigenvalue weighted by atomic mass is 19.4. The van der Waals surface area contributed by atoms with Gasteiger partial charge in [-0.2, -0.15) is 13.2 Å². The van der Waals surface area contributed by atoms with Crippen LogP contribution < -0.4 is 10.6 Å². The second kappa shape index (κ2) is 11.1. The topological polar surface area (TPSA) is 84.2 Å². The van der Waals surface area contributed by atoms with Crippen LogP contribution in [0.1, 0.15) is 46.7 Å². The van der Waals surface area contributed by atoms with Crippen LogP contribution in [-0.2, 0) is 6.42 Å². The van der Waals surface area contributed by atoms with Gasteiger partial charge < -0.3 is 15.1 Å². The van der Waals surface area contributed by atoms with Crippen LogP contribution >= 0.6 is 0 Å². The van der Waals surface area contributed by atoms with Gasteiger partial charge in [-0.15, -0.1) is 0 Å². The lowest BCUT2D eigenvalue weighted by atomic mass is 9.96. The summed E-state index contributed by atoms with van der Waals surface area (Å²) in [4.78, 5) is 30.1. The normalized spacial score (nSPS) is 12.0.